The number of aromatic nitrogens is 1. The van der Waals surface area contributed by atoms with E-state index in [1.165, 1.54) is 48.8 Å². The summed E-state index contributed by atoms with van der Waals surface area (Å²) in [4.78, 5) is 15.3. The van der Waals surface area contributed by atoms with Gasteiger partial charge in [0.15, 0.2) is 0 Å². The highest BCUT2D eigenvalue weighted by Crippen LogP contribution is 2.32. The van der Waals surface area contributed by atoms with Crippen LogP contribution in [0.25, 0.3) is 11.1 Å². The molecule has 0 aliphatic heterocycles. The minimum atomic E-state index is -3.94. The van der Waals surface area contributed by atoms with E-state index in [4.69, 9.17) is 11.6 Å². The van der Waals surface area contributed by atoms with Crippen LogP contribution in [-0.2, 0) is 22.9 Å². The second-order valence-electron chi connectivity index (χ2n) is 10.9. The van der Waals surface area contributed by atoms with Gasteiger partial charge in [0.1, 0.15) is 4.90 Å². The Labute approximate surface area is 234 Å². The molecule has 0 saturated heterocycles. The van der Waals surface area contributed by atoms with Gasteiger partial charge in [-0.3, -0.25) is 4.98 Å². The molecular formula is C29H34ClN3O5S. The molecule has 0 fully saturated rings. The number of rotatable bonds is 11. The Morgan fingerprint density at radius 1 is 1.13 bits per heavy atom. The van der Waals surface area contributed by atoms with Crippen molar-refractivity contribution in [1.29, 1.82) is 0 Å². The normalized spacial score (nSPS) is 14.9. The van der Waals surface area contributed by atoms with Crippen molar-refractivity contribution in [3.05, 3.63) is 82.6 Å². The quantitative estimate of drug-likeness (QED) is 0.314. The lowest BCUT2D eigenvalue weighted by Crippen LogP contribution is -2.47. The average Bonchev–Trinajstić information content (AvgIpc) is 3.29. The third-order valence-electron chi connectivity index (χ3n) is 7.17. The lowest BCUT2D eigenvalue weighted by atomic mass is 9.88. The molecule has 0 bridgehead atoms. The van der Waals surface area contributed by atoms with E-state index < -0.39 is 22.1 Å². The molecule has 0 saturated carbocycles. The Morgan fingerprint density at radius 2 is 1.79 bits per heavy atom. The number of carboxylic acid groups (broad SMARTS) is 1. The van der Waals surface area contributed by atoms with Crippen LogP contribution in [0.3, 0.4) is 0 Å². The molecule has 4 rings (SSSR count). The van der Waals surface area contributed by atoms with Gasteiger partial charge in [-0.05, 0) is 73.9 Å². The van der Waals surface area contributed by atoms with Gasteiger partial charge < -0.3 is 15.5 Å². The summed E-state index contributed by atoms with van der Waals surface area (Å²) >= 11 is 6.08. The number of hydrogen-bond donors (Lipinski definition) is 3. The average molecular weight is 572 g/mol. The van der Waals surface area contributed by atoms with E-state index in [0.717, 1.165) is 23.6 Å². The molecule has 1 aromatic heterocycles. The number of nitrogens with zero attached hydrogens (tertiary/aromatic N) is 2. The third-order valence-corrected chi connectivity index (χ3v) is 9.27. The summed E-state index contributed by atoms with van der Waals surface area (Å²) in [5, 5.41) is 23.3. The minimum Gasteiger partial charge on any atom is -0.478 e. The maximum atomic E-state index is 13.3. The van der Waals surface area contributed by atoms with Crippen LogP contribution in [-0.4, -0.2) is 65.7 Å². The van der Waals surface area contributed by atoms with E-state index in [9.17, 15) is 23.4 Å². The Hall–Kier alpha value is -2.82. The SMILES string of the molecule is CN(CC(O)CNC(C)(C)CC1Cc2ccccc2C1)S(=O)(=O)c1cncc(-c2ccc(C(=O)O)c(Cl)c2)c1. The van der Waals surface area contributed by atoms with E-state index in [-0.39, 0.29) is 34.1 Å². The summed E-state index contributed by atoms with van der Waals surface area (Å²) in [5.41, 5.74) is 3.56. The lowest BCUT2D eigenvalue weighted by Gasteiger charge is -2.31. The summed E-state index contributed by atoms with van der Waals surface area (Å²) in [5.74, 6) is -0.622. The topological polar surface area (TPSA) is 120 Å². The number of halogens is 1. The maximum Gasteiger partial charge on any atom is 0.337 e. The zero-order valence-corrected chi connectivity index (χ0v) is 23.8. The molecule has 0 radical (unpaired) electrons. The number of aliphatic hydroxyl groups is 1. The molecule has 208 valence electrons. The van der Waals surface area contributed by atoms with Crippen molar-refractivity contribution in [1.82, 2.24) is 14.6 Å². The van der Waals surface area contributed by atoms with E-state index in [2.05, 4.69) is 48.4 Å². The Morgan fingerprint density at radius 3 is 2.41 bits per heavy atom. The van der Waals surface area contributed by atoms with Gasteiger partial charge in [0.2, 0.25) is 10.0 Å². The summed E-state index contributed by atoms with van der Waals surface area (Å²) in [6, 6.07) is 14.4. The van der Waals surface area contributed by atoms with E-state index in [1.807, 2.05) is 0 Å². The maximum absolute atomic E-state index is 13.3. The number of aliphatic hydroxyl groups excluding tert-OH is 1. The number of benzene rings is 2. The predicted molar refractivity (Wildman–Crippen MR) is 152 cm³/mol. The predicted octanol–water partition coefficient (Wildman–Crippen LogP) is 4.25. The van der Waals surface area contributed by atoms with E-state index in [1.54, 1.807) is 6.07 Å². The number of carbonyl (C=O) groups is 1. The highest BCUT2D eigenvalue weighted by Gasteiger charge is 2.29. The minimum absolute atomic E-state index is 0.0396. The second kappa shape index (κ2) is 11.7. The zero-order valence-electron chi connectivity index (χ0n) is 22.3. The van der Waals surface area contributed by atoms with E-state index >= 15 is 0 Å². The highest BCUT2D eigenvalue weighted by molar-refractivity contribution is 7.89. The van der Waals surface area contributed by atoms with Crippen LogP contribution in [0.5, 0.6) is 0 Å². The second-order valence-corrected chi connectivity index (χ2v) is 13.3. The van der Waals surface area contributed by atoms with Crippen LogP contribution in [0.4, 0.5) is 0 Å². The molecule has 10 heteroatoms. The number of fused-ring (bicyclic) bond motifs is 1. The van der Waals surface area contributed by atoms with Gasteiger partial charge in [0.05, 0.1) is 16.7 Å². The number of hydrogen-bond acceptors (Lipinski definition) is 6. The number of β-amino-alcohol motifs (C(OH)–C–C–N with tert-alkyl or cyclic N) is 1. The first-order valence-corrected chi connectivity index (χ1v) is 14.6. The van der Waals surface area contributed by atoms with Crippen molar-refractivity contribution in [3.8, 4) is 11.1 Å². The van der Waals surface area contributed by atoms with Gasteiger partial charge in [0.25, 0.3) is 0 Å². The number of nitrogens with one attached hydrogen (secondary N) is 1. The first kappa shape index (κ1) is 29.2. The monoisotopic (exact) mass is 571 g/mol. The summed E-state index contributed by atoms with van der Waals surface area (Å²) in [6.45, 7) is 4.37. The van der Waals surface area contributed by atoms with Crippen LogP contribution < -0.4 is 5.32 Å². The molecule has 39 heavy (non-hydrogen) atoms. The molecule has 3 N–H and O–H groups in total. The number of carboxylic acids is 1. The summed E-state index contributed by atoms with van der Waals surface area (Å²) < 4.78 is 27.6. The molecule has 0 spiro atoms. The molecule has 1 heterocycles. The van der Waals surface area contributed by atoms with Gasteiger partial charge in [-0.25, -0.2) is 13.2 Å². The van der Waals surface area contributed by atoms with Crippen molar-refractivity contribution in [3.63, 3.8) is 0 Å². The van der Waals surface area contributed by atoms with Crippen molar-refractivity contribution in [2.75, 3.05) is 20.1 Å². The van der Waals surface area contributed by atoms with Crippen LogP contribution in [0.15, 0.2) is 65.8 Å². The molecule has 8 nitrogen and oxygen atoms in total. The fourth-order valence-corrected chi connectivity index (χ4v) is 6.67. The highest BCUT2D eigenvalue weighted by atomic mass is 35.5. The molecular weight excluding hydrogens is 538 g/mol. The lowest BCUT2D eigenvalue weighted by molar-refractivity contribution is 0.0697. The van der Waals surface area contributed by atoms with Gasteiger partial charge in [-0.15, -0.1) is 0 Å². The molecule has 1 aliphatic carbocycles. The third kappa shape index (κ3) is 7.04. The largest absolute Gasteiger partial charge is 0.478 e. The molecule has 1 unspecified atom stereocenters. The molecule has 1 atom stereocenters. The number of aromatic carboxylic acids is 1. The van der Waals surface area contributed by atoms with Crippen molar-refractivity contribution >= 4 is 27.6 Å². The van der Waals surface area contributed by atoms with Gasteiger partial charge >= 0.3 is 5.97 Å². The molecule has 1 aliphatic rings. The fourth-order valence-electron chi connectivity index (χ4n) is 5.21. The fraction of sp³-hybridized carbons (Fsp3) is 0.379. The van der Waals surface area contributed by atoms with Crippen LogP contribution in [0.2, 0.25) is 5.02 Å². The molecule has 3 aromatic rings. The molecule has 2 aromatic carbocycles. The number of pyridine rings is 1. The smallest absolute Gasteiger partial charge is 0.337 e. The van der Waals surface area contributed by atoms with Crippen molar-refractivity contribution < 1.29 is 23.4 Å². The first-order chi connectivity index (χ1) is 18.4. The van der Waals surface area contributed by atoms with Crippen LogP contribution in [0, 0.1) is 5.92 Å². The van der Waals surface area contributed by atoms with Crippen LogP contribution in [0.1, 0.15) is 41.8 Å². The van der Waals surface area contributed by atoms with Gasteiger partial charge in [-0.1, -0.05) is 41.9 Å². The first-order valence-electron chi connectivity index (χ1n) is 12.8. The van der Waals surface area contributed by atoms with Crippen LogP contribution >= 0.6 is 11.6 Å². The Bertz CT molecular complexity index is 1440. The molecule has 0 amide bonds. The van der Waals surface area contributed by atoms with Gasteiger partial charge in [0, 0.05) is 43.6 Å². The standard InChI is InChI=1S/C29H34ClN3O5S/c1-29(2,14-19-10-20-6-4-5-7-21(20)11-19)32-16-24(34)18-33(3)39(37,38)25-12-23(15-31-17-25)22-8-9-26(28(35)36)27(30)13-22/h4-9,12-13,15,17,19,24,32,34H,10-11,14,16,18H2,1-3H3,(H,35,36). The summed E-state index contributed by atoms with van der Waals surface area (Å²) in [6.07, 6.45) is 4.86. The van der Waals surface area contributed by atoms with E-state index in [0.29, 0.717) is 17.0 Å². The number of likely N-dealkylation sites (N-methyl/N-ethyl adjacent to an activating group) is 1. The summed E-state index contributed by atoms with van der Waals surface area (Å²) in [7, 11) is -2.52. The van der Waals surface area contributed by atoms with Gasteiger partial charge in [-0.2, -0.15) is 4.31 Å². The van der Waals surface area contributed by atoms with Crippen molar-refractivity contribution in [2.45, 2.75) is 49.6 Å². The number of sulfonamides is 1. The zero-order chi connectivity index (χ0) is 28.4. The Balaban J connectivity index is 1.35. The van der Waals surface area contributed by atoms with Crippen molar-refractivity contribution in [2.24, 2.45) is 5.92 Å². The Kier molecular flexibility index (Phi) is 8.78.